The molecule has 35 heavy (non-hydrogen) atoms. The number of nitrogens with zero attached hydrogens (tertiary/aromatic N) is 2. The Hall–Kier alpha value is -3.64. The van der Waals surface area contributed by atoms with Gasteiger partial charge in [0.2, 0.25) is 0 Å². The van der Waals surface area contributed by atoms with Gasteiger partial charge in [-0.25, -0.2) is 0 Å². The van der Waals surface area contributed by atoms with E-state index in [0.29, 0.717) is 17.2 Å². The van der Waals surface area contributed by atoms with Gasteiger partial charge in [-0.05, 0) is 67.0 Å². The summed E-state index contributed by atoms with van der Waals surface area (Å²) in [5, 5.41) is 23.0. The van der Waals surface area contributed by atoms with Crippen molar-refractivity contribution in [2.75, 3.05) is 19.6 Å². The van der Waals surface area contributed by atoms with Crippen LogP contribution in [0.2, 0.25) is 0 Å². The number of phenolic OH excluding ortho intramolecular Hbond substituents is 1. The third kappa shape index (κ3) is 3.78. The molecule has 0 radical (unpaired) electrons. The SMILES string of the molecule is O=[N+]([O-])c1cccc2c3c([nH]c12)C[C@@]1(c2cccc(O)c2)CCN(CCc2ccccc2)CC1C3. The number of benzene rings is 3. The number of hydrogen-bond acceptors (Lipinski definition) is 4. The van der Waals surface area contributed by atoms with Gasteiger partial charge < -0.3 is 15.0 Å². The van der Waals surface area contributed by atoms with Gasteiger partial charge >= 0.3 is 0 Å². The molecule has 0 spiro atoms. The summed E-state index contributed by atoms with van der Waals surface area (Å²) in [6, 6.07) is 23.7. The Bertz CT molecular complexity index is 1400. The molecule has 1 aromatic heterocycles. The van der Waals surface area contributed by atoms with Crippen LogP contribution in [0.4, 0.5) is 5.69 Å². The van der Waals surface area contributed by atoms with Crippen LogP contribution in [0.3, 0.4) is 0 Å². The molecular formula is C29H29N3O3. The molecule has 6 nitrogen and oxygen atoms in total. The molecule has 0 bridgehead atoms. The number of rotatable bonds is 5. The largest absolute Gasteiger partial charge is 0.508 e. The predicted octanol–water partition coefficient (Wildman–Crippen LogP) is 5.38. The summed E-state index contributed by atoms with van der Waals surface area (Å²) >= 11 is 0. The fraction of sp³-hybridized carbons (Fsp3) is 0.310. The van der Waals surface area contributed by atoms with E-state index in [9.17, 15) is 15.2 Å². The molecule has 3 aromatic carbocycles. The van der Waals surface area contributed by atoms with Crippen LogP contribution in [0.25, 0.3) is 10.9 Å². The monoisotopic (exact) mass is 467 g/mol. The zero-order valence-electron chi connectivity index (χ0n) is 19.6. The smallest absolute Gasteiger partial charge is 0.293 e. The molecule has 1 aliphatic carbocycles. The Kier molecular flexibility index (Phi) is 5.33. The molecule has 2 aliphatic rings. The summed E-state index contributed by atoms with van der Waals surface area (Å²) in [6.45, 7) is 2.99. The van der Waals surface area contributed by atoms with Gasteiger partial charge in [0.1, 0.15) is 11.3 Å². The third-order valence-corrected chi connectivity index (χ3v) is 8.26. The first-order valence-electron chi connectivity index (χ1n) is 12.4. The second-order valence-corrected chi connectivity index (χ2v) is 10.1. The molecule has 0 amide bonds. The number of likely N-dealkylation sites (tertiary alicyclic amines) is 1. The molecule has 0 saturated carbocycles. The van der Waals surface area contributed by atoms with E-state index in [0.717, 1.165) is 56.4 Å². The molecule has 2 atom stereocenters. The zero-order valence-corrected chi connectivity index (χ0v) is 19.6. The highest BCUT2D eigenvalue weighted by Gasteiger charge is 2.48. The van der Waals surface area contributed by atoms with Crippen molar-refractivity contribution >= 4 is 16.6 Å². The van der Waals surface area contributed by atoms with Crippen molar-refractivity contribution in [3.05, 3.63) is 105 Å². The lowest BCUT2D eigenvalue weighted by Gasteiger charge is -2.51. The van der Waals surface area contributed by atoms with Gasteiger partial charge in [0, 0.05) is 35.7 Å². The molecule has 2 heterocycles. The summed E-state index contributed by atoms with van der Waals surface area (Å²) in [4.78, 5) is 17.4. The fourth-order valence-electron chi connectivity index (χ4n) is 6.47. The lowest BCUT2D eigenvalue weighted by atomic mass is 9.58. The van der Waals surface area contributed by atoms with Crippen molar-refractivity contribution < 1.29 is 10.0 Å². The minimum atomic E-state index is -0.298. The van der Waals surface area contributed by atoms with Gasteiger partial charge in [0.05, 0.1) is 4.92 Å². The Morgan fingerprint density at radius 2 is 1.91 bits per heavy atom. The summed E-state index contributed by atoms with van der Waals surface area (Å²) in [5.41, 5.74) is 5.51. The Morgan fingerprint density at radius 3 is 2.71 bits per heavy atom. The topological polar surface area (TPSA) is 82.4 Å². The average molecular weight is 468 g/mol. The summed E-state index contributed by atoms with van der Waals surface area (Å²) < 4.78 is 0. The van der Waals surface area contributed by atoms with E-state index in [1.807, 2.05) is 18.2 Å². The van der Waals surface area contributed by atoms with E-state index >= 15 is 0 Å². The van der Waals surface area contributed by atoms with Crippen molar-refractivity contribution in [1.29, 1.82) is 0 Å². The number of aromatic hydroxyl groups is 1. The standard InChI is InChI=1S/C29H29N3O3/c33-23-9-4-8-21(16-23)29-13-15-31(14-12-20-6-2-1-3-7-20)19-22(29)17-25-24-10-5-11-27(32(34)35)28(24)30-26(25)18-29/h1-11,16,22,30,33H,12-15,17-19H2/t22?,29-/m1/s1. The second-order valence-electron chi connectivity index (χ2n) is 10.1. The third-order valence-electron chi connectivity index (χ3n) is 8.26. The first kappa shape index (κ1) is 21.9. The van der Waals surface area contributed by atoms with Gasteiger partial charge in [0.25, 0.3) is 5.69 Å². The van der Waals surface area contributed by atoms with Gasteiger partial charge in [-0.2, -0.15) is 0 Å². The minimum Gasteiger partial charge on any atom is -0.508 e. The van der Waals surface area contributed by atoms with Crippen molar-refractivity contribution in [3.8, 4) is 5.75 Å². The predicted molar refractivity (Wildman–Crippen MR) is 137 cm³/mol. The summed E-state index contributed by atoms with van der Waals surface area (Å²) in [5.74, 6) is 0.653. The van der Waals surface area contributed by atoms with Crippen LogP contribution < -0.4 is 0 Å². The number of aromatic nitrogens is 1. The van der Waals surface area contributed by atoms with E-state index in [1.165, 1.54) is 16.7 Å². The molecule has 1 unspecified atom stereocenters. The number of piperidine rings is 1. The Balaban J connectivity index is 1.38. The minimum absolute atomic E-state index is 0.107. The van der Waals surface area contributed by atoms with E-state index in [2.05, 4.69) is 46.3 Å². The number of nitrogens with one attached hydrogen (secondary N) is 1. The molecule has 1 aliphatic heterocycles. The second kappa shape index (κ2) is 8.54. The lowest BCUT2D eigenvalue weighted by Crippen LogP contribution is -2.54. The number of fused-ring (bicyclic) bond motifs is 4. The van der Waals surface area contributed by atoms with Gasteiger partial charge in [-0.3, -0.25) is 10.1 Å². The fourth-order valence-corrected chi connectivity index (χ4v) is 6.47. The Labute approximate surface area is 204 Å². The molecule has 178 valence electrons. The van der Waals surface area contributed by atoms with E-state index in [1.54, 1.807) is 18.2 Å². The lowest BCUT2D eigenvalue weighted by molar-refractivity contribution is -0.383. The van der Waals surface area contributed by atoms with Crippen molar-refractivity contribution in [3.63, 3.8) is 0 Å². The maximum absolute atomic E-state index is 11.7. The van der Waals surface area contributed by atoms with Crippen molar-refractivity contribution in [2.24, 2.45) is 5.92 Å². The van der Waals surface area contributed by atoms with Crippen LogP contribution in [0, 0.1) is 16.0 Å². The quantitative estimate of drug-likeness (QED) is 0.305. The van der Waals surface area contributed by atoms with E-state index < -0.39 is 0 Å². The van der Waals surface area contributed by atoms with Gasteiger partial charge in [0.15, 0.2) is 0 Å². The van der Waals surface area contributed by atoms with Crippen molar-refractivity contribution in [1.82, 2.24) is 9.88 Å². The van der Waals surface area contributed by atoms with Crippen LogP contribution in [-0.2, 0) is 24.7 Å². The van der Waals surface area contributed by atoms with E-state index in [4.69, 9.17) is 0 Å². The number of non-ortho nitro benzene ring substituents is 1. The van der Waals surface area contributed by atoms with Crippen LogP contribution in [-0.4, -0.2) is 39.5 Å². The number of aromatic amines is 1. The maximum Gasteiger partial charge on any atom is 0.293 e. The number of nitro benzene ring substituents is 1. The van der Waals surface area contributed by atoms with Crippen LogP contribution >= 0.6 is 0 Å². The molecule has 1 saturated heterocycles. The molecular weight excluding hydrogens is 438 g/mol. The number of phenols is 1. The molecule has 2 N–H and O–H groups in total. The highest BCUT2D eigenvalue weighted by atomic mass is 16.6. The average Bonchev–Trinajstić information content (AvgIpc) is 3.23. The van der Waals surface area contributed by atoms with E-state index in [-0.39, 0.29) is 16.0 Å². The van der Waals surface area contributed by atoms with Crippen molar-refractivity contribution in [2.45, 2.75) is 31.1 Å². The zero-order chi connectivity index (χ0) is 24.0. The van der Waals surface area contributed by atoms with Gasteiger partial charge in [-0.15, -0.1) is 0 Å². The maximum atomic E-state index is 11.7. The molecule has 4 aromatic rings. The number of H-pyrrole nitrogens is 1. The first-order valence-corrected chi connectivity index (χ1v) is 12.4. The molecule has 6 heteroatoms. The number of para-hydroxylation sites is 1. The first-order chi connectivity index (χ1) is 17.0. The van der Waals surface area contributed by atoms with Crippen LogP contribution in [0.5, 0.6) is 5.75 Å². The normalized spacial score (nSPS) is 22.0. The van der Waals surface area contributed by atoms with Crippen LogP contribution in [0.1, 0.15) is 28.8 Å². The summed E-state index contributed by atoms with van der Waals surface area (Å²) in [7, 11) is 0. The molecule has 6 rings (SSSR count). The van der Waals surface area contributed by atoms with Gasteiger partial charge in [-0.1, -0.05) is 54.6 Å². The number of hydrogen-bond donors (Lipinski definition) is 2. The highest BCUT2D eigenvalue weighted by molar-refractivity contribution is 5.92. The highest BCUT2D eigenvalue weighted by Crippen LogP contribution is 2.50. The number of nitro groups is 1. The van der Waals surface area contributed by atoms with Crippen LogP contribution in [0.15, 0.2) is 72.8 Å². The molecule has 1 fully saturated rings. The Morgan fingerprint density at radius 1 is 1.09 bits per heavy atom. The summed E-state index contributed by atoms with van der Waals surface area (Å²) in [6.07, 6.45) is 3.69.